The quantitative estimate of drug-likeness (QED) is 0.862. The van der Waals surface area contributed by atoms with Crippen molar-refractivity contribution in [2.75, 3.05) is 6.54 Å². The zero-order chi connectivity index (χ0) is 13.0. The van der Waals surface area contributed by atoms with Crippen molar-refractivity contribution in [3.8, 4) is 0 Å². The van der Waals surface area contributed by atoms with E-state index >= 15 is 0 Å². The van der Waals surface area contributed by atoms with E-state index in [4.69, 9.17) is 5.73 Å². The first kappa shape index (κ1) is 13.5. The lowest BCUT2D eigenvalue weighted by molar-refractivity contribution is 0.340. The summed E-state index contributed by atoms with van der Waals surface area (Å²) in [5.74, 6) is -0.176. The van der Waals surface area contributed by atoms with Crippen molar-refractivity contribution < 1.29 is 4.39 Å². The molecule has 1 aromatic carbocycles. The Morgan fingerprint density at radius 2 is 2.06 bits per heavy atom. The van der Waals surface area contributed by atoms with Crippen LogP contribution in [0.5, 0.6) is 0 Å². The van der Waals surface area contributed by atoms with Gasteiger partial charge in [0.05, 0.1) is 0 Å². The van der Waals surface area contributed by atoms with E-state index in [1.165, 1.54) is 38.2 Å². The highest BCUT2D eigenvalue weighted by Crippen LogP contribution is 2.23. The van der Waals surface area contributed by atoms with E-state index in [0.717, 1.165) is 11.1 Å². The molecule has 0 saturated heterocycles. The second kappa shape index (κ2) is 6.30. The smallest absolute Gasteiger partial charge is 0.123 e. The Balaban J connectivity index is 2.07. The molecule has 1 aromatic rings. The van der Waals surface area contributed by atoms with Gasteiger partial charge in [0.15, 0.2) is 0 Å². The average molecular weight is 250 g/mol. The van der Waals surface area contributed by atoms with Gasteiger partial charge < -0.3 is 11.1 Å². The van der Waals surface area contributed by atoms with Crippen LogP contribution < -0.4 is 11.1 Å². The summed E-state index contributed by atoms with van der Waals surface area (Å²) in [5, 5.41) is 3.63. The van der Waals surface area contributed by atoms with Gasteiger partial charge in [-0.3, -0.25) is 0 Å². The van der Waals surface area contributed by atoms with E-state index in [9.17, 15) is 4.39 Å². The highest BCUT2D eigenvalue weighted by atomic mass is 19.1. The Morgan fingerprint density at radius 1 is 1.33 bits per heavy atom. The van der Waals surface area contributed by atoms with Crippen molar-refractivity contribution in [2.45, 2.75) is 51.1 Å². The highest BCUT2D eigenvalue weighted by molar-refractivity contribution is 5.29. The first-order chi connectivity index (χ1) is 8.70. The predicted octanol–water partition coefficient (Wildman–Crippen LogP) is 3.06. The molecular weight excluding hydrogens is 227 g/mol. The van der Waals surface area contributed by atoms with Crippen molar-refractivity contribution in [1.82, 2.24) is 5.32 Å². The first-order valence-electron chi connectivity index (χ1n) is 6.93. The molecular formula is C15H23FN2. The van der Waals surface area contributed by atoms with Gasteiger partial charge in [-0.25, -0.2) is 4.39 Å². The van der Waals surface area contributed by atoms with Crippen LogP contribution in [0.25, 0.3) is 0 Å². The molecule has 0 bridgehead atoms. The molecule has 2 nitrogen and oxygen atoms in total. The van der Waals surface area contributed by atoms with Crippen molar-refractivity contribution in [2.24, 2.45) is 5.73 Å². The Hall–Kier alpha value is -0.930. The van der Waals surface area contributed by atoms with Gasteiger partial charge in [-0.2, -0.15) is 0 Å². The van der Waals surface area contributed by atoms with E-state index in [1.54, 1.807) is 6.07 Å². The molecule has 0 aliphatic heterocycles. The van der Waals surface area contributed by atoms with Crippen LogP contribution in [0.2, 0.25) is 0 Å². The summed E-state index contributed by atoms with van der Waals surface area (Å²) in [7, 11) is 0. The highest BCUT2D eigenvalue weighted by Gasteiger charge is 2.19. The number of hydrogen-bond donors (Lipinski definition) is 2. The van der Waals surface area contributed by atoms with Crippen molar-refractivity contribution in [1.29, 1.82) is 0 Å². The van der Waals surface area contributed by atoms with Gasteiger partial charge in [-0.05, 0) is 43.0 Å². The first-order valence-corrected chi connectivity index (χ1v) is 6.93. The fourth-order valence-corrected chi connectivity index (χ4v) is 2.87. The summed E-state index contributed by atoms with van der Waals surface area (Å²) in [5.41, 5.74) is 7.98. The standard InChI is InChI=1S/C15H23FN2/c1-11-9-12(16)7-8-14(11)15(10-17)18-13-5-3-2-4-6-13/h7-9,13,15,18H,2-6,10,17H2,1H3. The summed E-state index contributed by atoms with van der Waals surface area (Å²) in [6, 6.07) is 5.68. The maximum absolute atomic E-state index is 13.1. The van der Waals surface area contributed by atoms with Crippen LogP contribution in [0.15, 0.2) is 18.2 Å². The number of nitrogens with two attached hydrogens (primary N) is 1. The van der Waals surface area contributed by atoms with Crippen LogP contribution in [0.3, 0.4) is 0 Å². The molecule has 1 atom stereocenters. The van der Waals surface area contributed by atoms with Gasteiger partial charge in [0.1, 0.15) is 5.82 Å². The molecule has 0 amide bonds. The SMILES string of the molecule is Cc1cc(F)ccc1C(CN)NC1CCCCC1. The normalized spacial score (nSPS) is 18.8. The Bertz CT molecular complexity index is 386. The van der Waals surface area contributed by atoms with Crippen LogP contribution in [-0.2, 0) is 0 Å². The molecule has 1 fully saturated rings. The van der Waals surface area contributed by atoms with Crippen molar-refractivity contribution in [3.05, 3.63) is 35.1 Å². The summed E-state index contributed by atoms with van der Waals surface area (Å²) in [6.45, 7) is 2.51. The average Bonchev–Trinajstić information content (AvgIpc) is 2.38. The second-order valence-electron chi connectivity index (χ2n) is 5.29. The molecule has 0 heterocycles. The van der Waals surface area contributed by atoms with Crippen LogP contribution >= 0.6 is 0 Å². The number of rotatable bonds is 4. The number of aryl methyl sites for hydroxylation is 1. The molecule has 3 heteroatoms. The van der Waals surface area contributed by atoms with Gasteiger partial charge in [0.2, 0.25) is 0 Å². The lowest BCUT2D eigenvalue weighted by atomic mass is 9.93. The second-order valence-corrected chi connectivity index (χ2v) is 5.29. The molecule has 1 aliphatic carbocycles. The van der Waals surface area contributed by atoms with Crippen LogP contribution in [-0.4, -0.2) is 12.6 Å². The molecule has 1 saturated carbocycles. The largest absolute Gasteiger partial charge is 0.329 e. The van der Waals surface area contributed by atoms with Crippen molar-refractivity contribution in [3.63, 3.8) is 0 Å². The third-order valence-electron chi connectivity index (χ3n) is 3.89. The molecule has 2 rings (SSSR count). The van der Waals surface area contributed by atoms with Gasteiger partial charge in [0, 0.05) is 18.6 Å². The predicted molar refractivity (Wildman–Crippen MR) is 72.9 cm³/mol. The maximum atomic E-state index is 13.1. The maximum Gasteiger partial charge on any atom is 0.123 e. The Labute approximate surface area is 109 Å². The molecule has 3 N–H and O–H groups in total. The van der Waals surface area contributed by atoms with Crippen LogP contribution in [0, 0.1) is 12.7 Å². The molecule has 100 valence electrons. The Kier molecular flexibility index (Phi) is 4.72. The zero-order valence-corrected chi connectivity index (χ0v) is 11.1. The minimum atomic E-state index is -0.176. The summed E-state index contributed by atoms with van der Waals surface area (Å²) in [4.78, 5) is 0. The molecule has 0 spiro atoms. The minimum Gasteiger partial charge on any atom is -0.329 e. The third kappa shape index (κ3) is 3.30. The molecule has 18 heavy (non-hydrogen) atoms. The lowest BCUT2D eigenvalue weighted by Crippen LogP contribution is -2.38. The van der Waals surface area contributed by atoms with Crippen LogP contribution in [0.4, 0.5) is 4.39 Å². The van der Waals surface area contributed by atoms with E-state index in [-0.39, 0.29) is 11.9 Å². The summed E-state index contributed by atoms with van der Waals surface area (Å²) >= 11 is 0. The lowest BCUT2D eigenvalue weighted by Gasteiger charge is -2.29. The van der Waals surface area contributed by atoms with E-state index in [2.05, 4.69) is 5.32 Å². The van der Waals surface area contributed by atoms with Gasteiger partial charge in [-0.1, -0.05) is 25.3 Å². The molecule has 0 radical (unpaired) electrons. The fraction of sp³-hybridized carbons (Fsp3) is 0.600. The number of nitrogens with one attached hydrogen (secondary N) is 1. The number of halogens is 1. The monoisotopic (exact) mass is 250 g/mol. The van der Waals surface area contributed by atoms with E-state index in [0.29, 0.717) is 12.6 Å². The van der Waals surface area contributed by atoms with Gasteiger partial charge in [0.25, 0.3) is 0 Å². The number of hydrogen-bond acceptors (Lipinski definition) is 2. The van der Waals surface area contributed by atoms with E-state index < -0.39 is 0 Å². The third-order valence-corrected chi connectivity index (χ3v) is 3.89. The fourth-order valence-electron chi connectivity index (χ4n) is 2.87. The van der Waals surface area contributed by atoms with Gasteiger partial charge in [-0.15, -0.1) is 0 Å². The molecule has 1 aliphatic rings. The van der Waals surface area contributed by atoms with Gasteiger partial charge >= 0.3 is 0 Å². The zero-order valence-electron chi connectivity index (χ0n) is 11.1. The minimum absolute atomic E-state index is 0.147. The Morgan fingerprint density at radius 3 is 2.67 bits per heavy atom. The van der Waals surface area contributed by atoms with Crippen molar-refractivity contribution >= 4 is 0 Å². The summed E-state index contributed by atoms with van der Waals surface area (Å²) < 4.78 is 13.1. The molecule has 0 aromatic heterocycles. The summed E-state index contributed by atoms with van der Waals surface area (Å²) in [6.07, 6.45) is 6.42. The van der Waals surface area contributed by atoms with E-state index in [1.807, 2.05) is 13.0 Å². The molecule has 1 unspecified atom stereocenters. The topological polar surface area (TPSA) is 38.0 Å². The number of benzene rings is 1. The van der Waals surface area contributed by atoms with Crippen LogP contribution in [0.1, 0.15) is 49.3 Å².